The van der Waals surface area contributed by atoms with Crippen LogP contribution in [-0.2, 0) is 6.54 Å². The summed E-state index contributed by atoms with van der Waals surface area (Å²) in [6.07, 6.45) is 1.38. The van der Waals surface area contributed by atoms with Gasteiger partial charge in [0.05, 0.1) is 0 Å². The van der Waals surface area contributed by atoms with E-state index in [9.17, 15) is 0 Å². The van der Waals surface area contributed by atoms with Crippen LogP contribution in [0.5, 0.6) is 0 Å². The lowest BCUT2D eigenvalue weighted by atomic mass is 10.1. The number of nitrogens with zero attached hydrogens (tertiary/aromatic N) is 1. The van der Waals surface area contributed by atoms with Crippen molar-refractivity contribution in [3.63, 3.8) is 0 Å². The Morgan fingerprint density at radius 2 is 2.12 bits per heavy atom. The van der Waals surface area contributed by atoms with Gasteiger partial charge in [-0.15, -0.1) is 0 Å². The lowest BCUT2D eigenvalue weighted by Gasteiger charge is -2.22. The monoisotopic (exact) mass is 218 g/mol. The normalized spacial score (nSPS) is 23.2. The zero-order valence-electron chi connectivity index (χ0n) is 10.5. The molecule has 0 heterocycles. The summed E-state index contributed by atoms with van der Waals surface area (Å²) in [5.74, 6) is 1.80. The van der Waals surface area contributed by atoms with Gasteiger partial charge in [-0.2, -0.15) is 0 Å². The average molecular weight is 218 g/mol. The second-order valence-electron chi connectivity index (χ2n) is 5.19. The Morgan fingerprint density at radius 3 is 2.69 bits per heavy atom. The van der Waals surface area contributed by atoms with Crippen LogP contribution in [0.25, 0.3) is 0 Å². The Balaban J connectivity index is 2.12. The van der Waals surface area contributed by atoms with Crippen molar-refractivity contribution < 1.29 is 0 Å². The SMILES string of the molecule is Cc1ccc(N(C)CC2CC2C)c(CN)c1. The predicted octanol–water partition coefficient (Wildman–Crippen LogP) is 2.55. The van der Waals surface area contributed by atoms with Gasteiger partial charge in [-0.3, -0.25) is 0 Å². The fourth-order valence-corrected chi connectivity index (χ4v) is 2.35. The molecule has 2 heteroatoms. The third kappa shape index (κ3) is 2.38. The molecule has 2 nitrogen and oxygen atoms in total. The molecule has 1 aromatic carbocycles. The molecule has 1 saturated carbocycles. The van der Waals surface area contributed by atoms with E-state index < -0.39 is 0 Å². The minimum atomic E-state index is 0.627. The third-order valence-corrected chi connectivity index (χ3v) is 3.65. The highest BCUT2D eigenvalue weighted by Crippen LogP contribution is 2.39. The first kappa shape index (κ1) is 11.5. The molecule has 0 radical (unpaired) electrons. The Hall–Kier alpha value is -1.02. The minimum absolute atomic E-state index is 0.627. The Labute approximate surface area is 98.4 Å². The fraction of sp³-hybridized carbons (Fsp3) is 0.571. The van der Waals surface area contributed by atoms with Gasteiger partial charge in [0.25, 0.3) is 0 Å². The average Bonchev–Trinajstić information content (AvgIpc) is 2.93. The van der Waals surface area contributed by atoms with E-state index >= 15 is 0 Å². The molecule has 1 aliphatic rings. The van der Waals surface area contributed by atoms with Crippen molar-refractivity contribution in [3.8, 4) is 0 Å². The van der Waals surface area contributed by atoms with Gasteiger partial charge in [0.2, 0.25) is 0 Å². The smallest absolute Gasteiger partial charge is 0.0409 e. The molecule has 0 amide bonds. The molecule has 16 heavy (non-hydrogen) atoms. The topological polar surface area (TPSA) is 29.3 Å². The van der Waals surface area contributed by atoms with Gasteiger partial charge in [0.1, 0.15) is 0 Å². The molecule has 0 saturated heterocycles. The minimum Gasteiger partial charge on any atom is -0.374 e. The first-order valence-electron chi connectivity index (χ1n) is 6.12. The quantitative estimate of drug-likeness (QED) is 0.841. The van der Waals surface area contributed by atoms with E-state index in [4.69, 9.17) is 5.73 Å². The molecule has 0 aliphatic heterocycles. The molecule has 0 bridgehead atoms. The number of hydrogen-bond acceptors (Lipinski definition) is 2. The highest BCUT2D eigenvalue weighted by atomic mass is 15.1. The van der Waals surface area contributed by atoms with Crippen LogP contribution in [0, 0.1) is 18.8 Å². The summed E-state index contributed by atoms with van der Waals surface area (Å²) < 4.78 is 0. The lowest BCUT2D eigenvalue weighted by Crippen LogP contribution is -2.22. The van der Waals surface area contributed by atoms with E-state index in [1.807, 2.05) is 0 Å². The van der Waals surface area contributed by atoms with Gasteiger partial charge in [-0.25, -0.2) is 0 Å². The molecule has 2 N–H and O–H groups in total. The molecule has 0 spiro atoms. The van der Waals surface area contributed by atoms with E-state index in [-0.39, 0.29) is 0 Å². The standard InChI is InChI=1S/C14H22N2/c1-10-4-5-14(12(6-10)8-15)16(3)9-13-7-11(13)2/h4-6,11,13H,7-9,15H2,1-3H3. The summed E-state index contributed by atoms with van der Waals surface area (Å²) in [6.45, 7) is 6.24. The van der Waals surface area contributed by atoms with Crippen LogP contribution in [0.3, 0.4) is 0 Å². The number of hydrogen-bond donors (Lipinski definition) is 1. The third-order valence-electron chi connectivity index (χ3n) is 3.65. The molecule has 0 aromatic heterocycles. The molecule has 1 fully saturated rings. The first-order chi connectivity index (χ1) is 7.61. The molecule has 2 unspecified atom stereocenters. The van der Waals surface area contributed by atoms with Gasteiger partial charge < -0.3 is 10.6 Å². The maximum absolute atomic E-state index is 5.80. The van der Waals surface area contributed by atoms with Gasteiger partial charge in [-0.1, -0.05) is 24.6 Å². The van der Waals surface area contributed by atoms with Crippen molar-refractivity contribution in [1.29, 1.82) is 0 Å². The van der Waals surface area contributed by atoms with Crippen molar-refractivity contribution in [2.24, 2.45) is 17.6 Å². The predicted molar refractivity (Wildman–Crippen MR) is 69.6 cm³/mol. The van der Waals surface area contributed by atoms with Gasteiger partial charge in [0.15, 0.2) is 0 Å². The number of anilines is 1. The van der Waals surface area contributed by atoms with E-state index in [1.165, 1.54) is 23.2 Å². The van der Waals surface area contributed by atoms with E-state index in [2.05, 4.69) is 44.0 Å². The van der Waals surface area contributed by atoms with E-state index in [0.717, 1.165) is 18.4 Å². The zero-order valence-corrected chi connectivity index (χ0v) is 10.5. The van der Waals surface area contributed by atoms with Gasteiger partial charge in [-0.05, 0) is 36.8 Å². The summed E-state index contributed by atoms with van der Waals surface area (Å²) in [7, 11) is 2.18. The van der Waals surface area contributed by atoms with Gasteiger partial charge in [0, 0.05) is 25.8 Å². The van der Waals surface area contributed by atoms with Crippen molar-refractivity contribution >= 4 is 5.69 Å². The Morgan fingerprint density at radius 1 is 1.44 bits per heavy atom. The number of nitrogens with two attached hydrogens (primary N) is 1. The Kier molecular flexibility index (Phi) is 3.20. The van der Waals surface area contributed by atoms with Crippen LogP contribution in [0.4, 0.5) is 5.69 Å². The molecular formula is C14H22N2. The van der Waals surface area contributed by atoms with Crippen LogP contribution in [-0.4, -0.2) is 13.6 Å². The molecule has 1 aromatic rings. The zero-order chi connectivity index (χ0) is 11.7. The van der Waals surface area contributed by atoms with E-state index in [0.29, 0.717) is 6.54 Å². The van der Waals surface area contributed by atoms with Crippen LogP contribution in [0.15, 0.2) is 18.2 Å². The number of aryl methyl sites for hydroxylation is 1. The first-order valence-corrected chi connectivity index (χ1v) is 6.12. The summed E-state index contributed by atoms with van der Waals surface area (Å²) >= 11 is 0. The van der Waals surface area contributed by atoms with Crippen LogP contribution < -0.4 is 10.6 Å². The number of benzene rings is 1. The lowest BCUT2D eigenvalue weighted by molar-refractivity contribution is 0.723. The second-order valence-corrected chi connectivity index (χ2v) is 5.19. The summed E-state index contributed by atoms with van der Waals surface area (Å²) in [4.78, 5) is 2.36. The van der Waals surface area contributed by atoms with Crippen LogP contribution >= 0.6 is 0 Å². The molecular weight excluding hydrogens is 196 g/mol. The van der Waals surface area contributed by atoms with Crippen molar-refractivity contribution in [3.05, 3.63) is 29.3 Å². The summed E-state index contributed by atoms with van der Waals surface area (Å²) in [6, 6.07) is 6.56. The van der Waals surface area contributed by atoms with Crippen molar-refractivity contribution in [2.75, 3.05) is 18.5 Å². The number of rotatable bonds is 4. The highest BCUT2D eigenvalue weighted by Gasteiger charge is 2.33. The Bertz CT molecular complexity index is 373. The fourth-order valence-electron chi connectivity index (χ4n) is 2.35. The molecule has 88 valence electrons. The van der Waals surface area contributed by atoms with Crippen LogP contribution in [0.2, 0.25) is 0 Å². The maximum atomic E-state index is 5.80. The maximum Gasteiger partial charge on any atom is 0.0409 e. The van der Waals surface area contributed by atoms with Crippen molar-refractivity contribution in [2.45, 2.75) is 26.8 Å². The van der Waals surface area contributed by atoms with Crippen molar-refractivity contribution in [1.82, 2.24) is 0 Å². The summed E-state index contributed by atoms with van der Waals surface area (Å²) in [5.41, 5.74) is 9.65. The van der Waals surface area contributed by atoms with E-state index in [1.54, 1.807) is 0 Å². The highest BCUT2D eigenvalue weighted by molar-refractivity contribution is 5.54. The summed E-state index contributed by atoms with van der Waals surface area (Å²) in [5, 5.41) is 0. The molecule has 1 aliphatic carbocycles. The largest absolute Gasteiger partial charge is 0.374 e. The van der Waals surface area contributed by atoms with Crippen LogP contribution in [0.1, 0.15) is 24.5 Å². The molecule has 2 atom stereocenters. The molecule has 2 rings (SSSR count). The second kappa shape index (κ2) is 4.46. The van der Waals surface area contributed by atoms with Gasteiger partial charge >= 0.3 is 0 Å².